The number of nitrogens with zero attached hydrogens (tertiary/aromatic N) is 1. The summed E-state index contributed by atoms with van der Waals surface area (Å²) in [7, 11) is 0. The Balaban J connectivity index is 1.73. The van der Waals surface area contributed by atoms with Crippen LogP contribution in [-0.2, 0) is 6.54 Å². The first kappa shape index (κ1) is 13.5. The van der Waals surface area contributed by atoms with Gasteiger partial charge in [0, 0.05) is 13.1 Å². The molecule has 0 amide bonds. The van der Waals surface area contributed by atoms with Crippen LogP contribution in [0.1, 0.15) is 24.5 Å². The predicted molar refractivity (Wildman–Crippen MR) is 73.1 cm³/mol. The van der Waals surface area contributed by atoms with Gasteiger partial charge in [-0.25, -0.2) is 4.39 Å². The van der Waals surface area contributed by atoms with Crippen LogP contribution in [0.15, 0.2) is 18.2 Å². The van der Waals surface area contributed by atoms with Gasteiger partial charge in [0.05, 0.1) is 0 Å². The van der Waals surface area contributed by atoms with Crippen molar-refractivity contribution >= 4 is 0 Å². The molecule has 1 heterocycles. The van der Waals surface area contributed by atoms with Crippen molar-refractivity contribution in [2.45, 2.75) is 26.8 Å². The minimum atomic E-state index is -0.117. The zero-order valence-electron chi connectivity index (χ0n) is 11.4. The summed E-state index contributed by atoms with van der Waals surface area (Å²) in [5, 5.41) is 3.49. The average Bonchev–Trinajstić information content (AvgIpc) is 2.82. The van der Waals surface area contributed by atoms with Gasteiger partial charge in [-0.1, -0.05) is 19.1 Å². The predicted octanol–water partition coefficient (Wildman–Crippen LogP) is 2.57. The van der Waals surface area contributed by atoms with E-state index in [9.17, 15) is 4.39 Å². The van der Waals surface area contributed by atoms with Gasteiger partial charge in [-0.3, -0.25) is 0 Å². The summed E-state index contributed by atoms with van der Waals surface area (Å²) in [6.45, 7) is 9.54. The molecule has 1 unspecified atom stereocenters. The summed E-state index contributed by atoms with van der Waals surface area (Å²) in [6, 6.07) is 5.35. The lowest BCUT2D eigenvalue weighted by Crippen LogP contribution is -2.26. The van der Waals surface area contributed by atoms with E-state index in [1.807, 2.05) is 19.1 Å². The molecule has 0 spiro atoms. The SMILES string of the molecule is CCN1CCC(CNCc2ccc(F)c(C)c2)C1. The monoisotopic (exact) mass is 250 g/mol. The highest BCUT2D eigenvalue weighted by atomic mass is 19.1. The van der Waals surface area contributed by atoms with Crippen molar-refractivity contribution in [2.24, 2.45) is 5.92 Å². The minimum Gasteiger partial charge on any atom is -0.312 e. The standard InChI is InChI=1S/C15H23FN2/c1-3-18-7-6-14(11-18)10-17-9-13-4-5-15(16)12(2)8-13/h4-5,8,14,17H,3,6-7,9-11H2,1-2H3. The van der Waals surface area contributed by atoms with Gasteiger partial charge in [-0.05, 0) is 56.1 Å². The zero-order valence-corrected chi connectivity index (χ0v) is 11.4. The molecule has 0 bridgehead atoms. The summed E-state index contributed by atoms with van der Waals surface area (Å²) in [5.74, 6) is 0.652. The van der Waals surface area contributed by atoms with Gasteiger partial charge < -0.3 is 10.2 Å². The number of likely N-dealkylation sites (tertiary alicyclic amines) is 1. The van der Waals surface area contributed by atoms with E-state index in [0.717, 1.165) is 31.1 Å². The maximum absolute atomic E-state index is 13.1. The number of hydrogen-bond donors (Lipinski definition) is 1. The van der Waals surface area contributed by atoms with Gasteiger partial charge in [0.2, 0.25) is 0 Å². The molecule has 0 saturated carbocycles. The summed E-state index contributed by atoms with van der Waals surface area (Å²) in [4.78, 5) is 2.49. The lowest BCUT2D eigenvalue weighted by molar-refractivity contribution is 0.339. The van der Waals surface area contributed by atoms with Crippen LogP contribution in [0.4, 0.5) is 4.39 Å². The van der Waals surface area contributed by atoms with Gasteiger partial charge in [0.1, 0.15) is 5.82 Å². The van der Waals surface area contributed by atoms with Gasteiger partial charge in [-0.15, -0.1) is 0 Å². The van der Waals surface area contributed by atoms with Crippen LogP contribution >= 0.6 is 0 Å². The summed E-state index contributed by atoms with van der Waals surface area (Å²) in [5.41, 5.74) is 1.89. The van der Waals surface area contributed by atoms with Gasteiger partial charge >= 0.3 is 0 Å². The normalized spacial score (nSPS) is 20.5. The van der Waals surface area contributed by atoms with Crippen molar-refractivity contribution in [1.82, 2.24) is 10.2 Å². The molecule has 1 N–H and O–H groups in total. The highest BCUT2D eigenvalue weighted by Gasteiger charge is 2.20. The number of benzene rings is 1. The van der Waals surface area contributed by atoms with Gasteiger partial charge in [0.25, 0.3) is 0 Å². The number of halogens is 1. The molecule has 100 valence electrons. The average molecular weight is 250 g/mol. The Kier molecular flexibility index (Phi) is 4.72. The molecule has 18 heavy (non-hydrogen) atoms. The third-order valence-corrected chi connectivity index (χ3v) is 3.80. The molecule has 3 heteroatoms. The summed E-state index contributed by atoms with van der Waals surface area (Å²) >= 11 is 0. The topological polar surface area (TPSA) is 15.3 Å². The van der Waals surface area contributed by atoms with Crippen LogP contribution in [0.2, 0.25) is 0 Å². The summed E-state index contributed by atoms with van der Waals surface area (Å²) in [6.07, 6.45) is 1.29. The van der Waals surface area contributed by atoms with E-state index in [0.29, 0.717) is 0 Å². The highest BCUT2D eigenvalue weighted by molar-refractivity contribution is 5.23. The first-order valence-electron chi connectivity index (χ1n) is 6.87. The molecule has 2 rings (SSSR count). The van der Waals surface area contributed by atoms with E-state index in [4.69, 9.17) is 0 Å². The first-order valence-corrected chi connectivity index (χ1v) is 6.87. The van der Waals surface area contributed by atoms with Crippen LogP contribution in [0, 0.1) is 18.7 Å². The second-order valence-electron chi connectivity index (χ2n) is 5.26. The zero-order chi connectivity index (χ0) is 13.0. The van der Waals surface area contributed by atoms with E-state index in [2.05, 4.69) is 17.1 Å². The van der Waals surface area contributed by atoms with E-state index < -0.39 is 0 Å². The van der Waals surface area contributed by atoms with E-state index in [-0.39, 0.29) is 5.82 Å². The van der Waals surface area contributed by atoms with Gasteiger partial charge in [0.15, 0.2) is 0 Å². The molecule has 1 fully saturated rings. The number of nitrogens with one attached hydrogen (secondary N) is 1. The molecule has 2 nitrogen and oxygen atoms in total. The second kappa shape index (κ2) is 6.30. The lowest BCUT2D eigenvalue weighted by Gasteiger charge is -2.14. The quantitative estimate of drug-likeness (QED) is 0.864. The fourth-order valence-corrected chi connectivity index (χ4v) is 2.60. The van der Waals surface area contributed by atoms with E-state index in [1.54, 1.807) is 6.07 Å². The van der Waals surface area contributed by atoms with E-state index in [1.165, 1.54) is 25.1 Å². The molecule has 0 aromatic heterocycles. The van der Waals surface area contributed by atoms with Crippen molar-refractivity contribution in [3.63, 3.8) is 0 Å². The minimum absolute atomic E-state index is 0.117. The van der Waals surface area contributed by atoms with E-state index >= 15 is 0 Å². The van der Waals surface area contributed by atoms with Crippen LogP contribution in [0.5, 0.6) is 0 Å². The Morgan fingerprint density at radius 2 is 2.28 bits per heavy atom. The van der Waals surface area contributed by atoms with Crippen molar-refractivity contribution < 1.29 is 4.39 Å². The number of hydrogen-bond acceptors (Lipinski definition) is 2. The Bertz CT molecular complexity index is 392. The van der Waals surface area contributed by atoms with Crippen LogP contribution in [0.25, 0.3) is 0 Å². The third kappa shape index (κ3) is 3.53. The molecule has 1 aliphatic heterocycles. The fourth-order valence-electron chi connectivity index (χ4n) is 2.60. The molecule has 0 radical (unpaired) electrons. The Morgan fingerprint density at radius 3 is 2.94 bits per heavy atom. The van der Waals surface area contributed by atoms with Crippen molar-refractivity contribution in [3.05, 3.63) is 35.1 Å². The van der Waals surface area contributed by atoms with Crippen molar-refractivity contribution in [1.29, 1.82) is 0 Å². The van der Waals surface area contributed by atoms with Crippen LogP contribution < -0.4 is 5.32 Å². The first-order chi connectivity index (χ1) is 8.69. The molecular weight excluding hydrogens is 227 g/mol. The van der Waals surface area contributed by atoms with Crippen molar-refractivity contribution in [2.75, 3.05) is 26.2 Å². The second-order valence-corrected chi connectivity index (χ2v) is 5.26. The summed E-state index contributed by atoms with van der Waals surface area (Å²) < 4.78 is 13.1. The largest absolute Gasteiger partial charge is 0.312 e. The fraction of sp³-hybridized carbons (Fsp3) is 0.600. The molecule has 1 saturated heterocycles. The Labute approximate surface area is 109 Å². The Morgan fingerprint density at radius 1 is 1.44 bits per heavy atom. The lowest BCUT2D eigenvalue weighted by atomic mass is 10.1. The molecule has 0 aliphatic carbocycles. The maximum atomic E-state index is 13.1. The maximum Gasteiger partial charge on any atom is 0.126 e. The molecule has 1 aromatic rings. The van der Waals surface area contributed by atoms with Crippen LogP contribution in [-0.4, -0.2) is 31.1 Å². The number of rotatable bonds is 5. The highest BCUT2D eigenvalue weighted by Crippen LogP contribution is 2.15. The molecular formula is C15H23FN2. The third-order valence-electron chi connectivity index (χ3n) is 3.80. The smallest absolute Gasteiger partial charge is 0.126 e. The Hall–Kier alpha value is -0.930. The van der Waals surface area contributed by atoms with Crippen LogP contribution in [0.3, 0.4) is 0 Å². The molecule has 1 atom stereocenters. The molecule has 1 aromatic carbocycles. The molecule has 1 aliphatic rings. The number of aryl methyl sites for hydroxylation is 1. The van der Waals surface area contributed by atoms with Gasteiger partial charge in [-0.2, -0.15) is 0 Å². The van der Waals surface area contributed by atoms with Crippen molar-refractivity contribution in [3.8, 4) is 0 Å².